The molecule has 0 fully saturated rings. The van der Waals surface area contributed by atoms with Gasteiger partial charge in [-0.15, -0.1) is 0 Å². The molecule has 0 saturated heterocycles. The van der Waals surface area contributed by atoms with Crippen LogP contribution in [0.4, 0.5) is 0 Å². The Morgan fingerprint density at radius 1 is 1.20 bits per heavy atom. The van der Waals surface area contributed by atoms with Crippen LogP contribution in [-0.4, -0.2) is 11.2 Å². The molecule has 2 rings (SSSR count). The molecular weight excluding hydrogens is 252 g/mol. The monoisotopic (exact) mass is 274 g/mol. The summed E-state index contributed by atoms with van der Waals surface area (Å²) in [5.74, 6) is 1.71. The molecule has 0 saturated carbocycles. The van der Waals surface area contributed by atoms with Crippen LogP contribution in [-0.2, 0) is 13.0 Å². The Morgan fingerprint density at radius 2 is 1.85 bits per heavy atom. The van der Waals surface area contributed by atoms with Crippen LogP contribution in [0.2, 0.25) is 0 Å². The van der Waals surface area contributed by atoms with E-state index in [1.807, 2.05) is 19.9 Å². The summed E-state index contributed by atoms with van der Waals surface area (Å²) in [6.07, 6.45) is 0.879. The van der Waals surface area contributed by atoms with Gasteiger partial charge >= 0.3 is 0 Å². The largest absolute Gasteiger partial charge is 0.487 e. The fourth-order valence-electron chi connectivity index (χ4n) is 2.39. The van der Waals surface area contributed by atoms with Crippen molar-refractivity contribution in [2.75, 3.05) is 0 Å². The van der Waals surface area contributed by atoms with Crippen LogP contribution in [0.15, 0.2) is 22.7 Å². The Bertz CT molecular complexity index is 565. The third kappa shape index (κ3) is 3.61. The maximum absolute atomic E-state index is 5.87. The minimum Gasteiger partial charge on any atom is -0.487 e. The zero-order valence-electron chi connectivity index (χ0n) is 12.6. The van der Waals surface area contributed by atoms with E-state index in [2.05, 4.69) is 31.1 Å². The zero-order chi connectivity index (χ0) is 14.7. The lowest BCUT2D eigenvalue weighted by molar-refractivity contribution is 0.284. The topological polar surface area (TPSA) is 61.3 Å². The molecule has 1 aromatic carbocycles. The van der Waals surface area contributed by atoms with E-state index >= 15 is 0 Å². The Hall–Kier alpha value is -1.81. The summed E-state index contributed by atoms with van der Waals surface area (Å²) < 4.78 is 10.9. The highest BCUT2D eigenvalue weighted by atomic mass is 16.5. The van der Waals surface area contributed by atoms with Crippen molar-refractivity contribution >= 4 is 0 Å². The van der Waals surface area contributed by atoms with Crippen molar-refractivity contribution in [2.24, 2.45) is 5.73 Å². The van der Waals surface area contributed by atoms with E-state index in [-0.39, 0.29) is 6.04 Å². The van der Waals surface area contributed by atoms with E-state index in [1.54, 1.807) is 0 Å². The lowest BCUT2D eigenvalue weighted by Gasteiger charge is -2.14. The molecule has 0 spiro atoms. The van der Waals surface area contributed by atoms with Gasteiger partial charge in [-0.3, -0.25) is 0 Å². The average molecular weight is 274 g/mol. The molecule has 1 atom stereocenters. The number of aromatic nitrogens is 1. The van der Waals surface area contributed by atoms with Gasteiger partial charge in [0.25, 0.3) is 0 Å². The van der Waals surface area contributed by atoms with Gasteiger partial charge in [0.05, 0.1) is 0 Å². The first-order chi connectivity index (χ1) is 9.45. The Labute approximate surface area is 119 Å². The van der Waals surface area contributed by atoms with Gasteiger partial charge in [-0.1, -0.05) is 17.3 Å². The molecule has 0 amide bonds. The predicted octanol–water partition coefficient (Wildman–Crippen LogP) is 3.07. The molecule has 4 nitrogen and oxygen atoms in total. The first-order valence-corrected chi connectivity index (χ1v) is 6.86. The summed E-state index contributed by atoms with van der Waals surface area (Å²) in [6, 6.07) is 6.33. The summed E-state index contributed by atoms with van der Waals surface area (Å²) in [5, 5.41) is 3.93. The molecule has 0 radical (unpaired) electrons. The number of ether oxygens (including phenoxy) is 1. The van der Waals surface area contributed by atoms with E-state index in [0.717, 1.165) is 34.8 Å². The van der Waals surface area contributed by atoms with Crippen LogP contribution in [0.5, 0.6) is 5.75 Å². The molecule has 0 aliphatic carbocycles. The third-order valence-corrected chi connectivity index (χ3v) is 3.12. The lowest BCUT2D eigenvalue weighted by atomic mass is 10.0. The summed E-state index contributed by atoms with van der Waals surface area (Å²) in [6.45, 7) is 8.42. The van der Waals surface area contributed by atoms with Gasteiger partial charge < -0.3 is 15.0 Å². The molecule has 2 N–H and O–H groups in total. The maximum atomic E-state index is 5.87. The second kappa shape index (κ2) is 6.09. The number of hydrogen-bond donors (Lipinski definition) is 1. The van der Waals surface area contributed by atoms with Gasteiger partial charge in [-0.05, 0) is 50.8 Å². The van der Waals surface area contributed by atoms with Crippen LogP contribution in [0.1, 0.15) is 35.1 Å². The highest BCUT2D eigenvalue weighted by Crippen LogP contribution is 2.26. The van der Waals surface area contributed by atoms with E-state index in [1.165, 1.54) is 5.56 Å². The fraction of sp³-hybridized carbons (Fsp3) is 0.438. The second-order valence-electron chi connectivity index (χ2n) is 5.46. The molecule has 0 aliphatic rings. The number of rotatable bonds is 5. The second-order valence-corrected chi connectivity index (χ2v) is 5.46. The van der Waals surface area contributed by atoms with Crippen molar-refractivity contribution in [3.8, 4) is 5.75 Å². The van der Waals surface area contributed by atoms with Crippen molar-refractivity contribution in [3.05, 3.63) is 46.3 Å². The standard InChI is InChI=1S/C16H22N2O2/c1-10-5-14(7-12(3)17)6-11(2)16(10)19-9-15-8-13(4)20-18-15/h5-6,8,12H,7,9,17H2,1-4H3. The van der Waals surface area contributed by atoms with E-state index < -0.39 is 0 Å². The Morgan fingerprint density at radius 3 is 2.35 bits per heavy atom. The van der Waals surface area contributed by atoms with Crippen molar-refractivity contribution in [1.29, 1.82) is 0 Å². The van der Waals surface area contributed by atoms with Gasteiger partial charge in [0, 0.05) is 12.1 Å². The average Bonchev–Trinajstić information content (AvgIpc) is 2.73. The number of nitrogens with zero attached hydrogens (tertiary/aromatic N) is 1. The van der Waals surface area contributed by atoms with Crippen LogP contribution < -0.4 is 10.5 Å². The van der Waals surface area contributed by atoms with E-state index in [4.69, 9.17) is 15.0 Å². The smallest absolute Gasteiger partial charge is 0.134 e. The summed E-state index contributed by atoms with van der Waals surface area (Å²) in [4.78, 5) is 0. The van der Waals surface area contributed by atoms with E-state index in [9.17, 15) is 0 Å². The van der Waals surface area contributed by atoms with Gasteiger partial charge in [-0.2, -0.15) is 0 Å². The predicted molar refractivity (Wildman–Crippen MR) is 78.8 cm³/mol. The van der Waals surface area contributed by atoms with Crippen LogP contribution in [0, 0.1) is 20.8 Å². The van der Waals surface area contributed by atoms with Gasteiger partial charge in [-0.25, -0.2) is 0 Å². The Kier molecular flexibility index (Phi) is 4.45. The maximum Gasteiger partial charge on any atom is 0.134 e. The minimum absolute atomic E-state index is 0.165. The van der Waals surface area contributed by atoms with Crippen LogP contribution in [0.25, 0.3) is 0 Å². The fourth-order valence-corrected chi connectivity index (χ4v) is 2.39. The van der Waals surface area contributed by atoms with Crippen molar-refractivity contribution in [2.45, 2.75) is 46.8 Å². The van der Waals surface area contributed by atoms with Crippen molar-refractivity contribution < 1.29 is 9.26 Å². The lowest BCUT2D eigenvalue weighted by Crippen LogP contribution is -2.18. The third-order valence-electron chi connectivity index (χ3n) is 3.12. The highest BCUT2D eigenvalue weighted by Gasteiger charge is 2.09. The molecule has 20 heavy (non-hydrogen) atoms. The summed E-state index contributed by atoms with van der Waals surface area (Å²) in [5.41, 5.74) is 10.2. The normalized spacial score (nSPS) is 12.4. The number of aryl methyl sites for hydroxylation is 3. The molecular formula is C16H22N2O2. The SMILES string of the molecule is Cc1cc(COc2c(C)cc(CC(C)N)cc2C)no1. The molecule has 2 aromatic rings. The van der Waals surface area contributed by atoms with Crippen LogP contribution in [0.3, 0.4) is 0 Å². The molecule has 0 bridgehead atoms. The molecule has 1 unspecified atom stereocenters. The molecule has 1 aromatic heterocycles. The Balaban J connectivity index is 2.11. The summed E-state index contributed by atoms with van der Waals surface area (Å²) in [7, 11) is 0. The highest BCUT2D eigenvalue weighted by molar-refractivity contribution is 5.43. The number of nitrogens with two attached hydrogens (primary N) is 1. The zero-order valence-corrected chi connectivity index (χ0v) is 12.6. The molecule has 4 heteroatoms. The number of hydrogen-bond acceptors (Lipinski definition) is 4. The quantitative estimate of drug-likeness (QED) is 0.910. The van der Waals surface area contributed by atoms with Gasteiger partial charge in [0.2, 0.25) is 0 Å². The van der Waals surface area contributed by atoms with Crippen molar-refractivity contribution in [3.63, 3.8) is 0 Å². The molecule has 108 valence electrons. The molecule has 0 aliphatic heterocycles. The van der Waals surface area contributed by atoms with Gasteiger partial charge in [0.15, 0.2) is 0 Å². The first kappa shape index (κ1) is 14.6. The minimum atomic E-state index is 0.165. The summed E-state index contributed by atoms with van der Waals surface area (Å²) >= 11 is 0. The molecule has 1 heterocycles. The first-order valence-electron chi connectivity index (χ1n) is 6.86. The number of benzene rings is 1. The van der Waals surface area contributed by atoms with E-state index in [0.29, 0.717) is 6.61 Å². The van der Waals surface area contributed by atoms with Gasteiger partial charge in [0.1, 0.15) is 23.8 Å². The van der Waals surface area contributed by atoms with Crippen molar-refractivity contribution in [1.82, 2.24) is 5.16 Å². The van der Waals surface area contributed by atoms with Crippen LogP contribution >= 0.6 is 0 Å².